The standard InChI is InChI=1S/C14H24N2O/c1-2-8-15-9-10-16(11-12-17)13-14-6-4-3-5-7-14/h3-7,15,17H,2,8-13H2,1H3. The second-order valence-corrected chi connectivity index (χ2v) is 4.24. The molecule has 2 N–H and O–H groups in total. The van der Waals surface area contributed by atoms with E-state index in [9.17, 15) is 0 Å². The van der Waals surface area contributed by atoms with Crippen LogP contribution in [-0.4, -0.2) is 42.8 Å². The summed E-state index contributed by atoms with van der Waals surface area (Å²) in [6, 6.07) is 10.4. The Kier molecular flexibility index (Phi) is 7.63. The highest BCUT2D eigenvalue weighted by Crippen LogP contribution is 2.03. The number of hydrogen-bond donors (Lipinski definition) is 2. The second kappa shape index (κ2) is 9.16. The highest BCUT2D eigenvalue weighted by Gasteiger charge is 2.04. The van der Waals surface area contributed by atoms with Crippen molar-refractivity contribution in [3.63, 3.8) is 0 Å². The summed E-state index contributed by atoms with van der Waals surface area (Å²) < 4.78 is 0. The zero-order valence-electron chi connectivity index (χ0n) is 10.7. The Hall–Kier alpha value is -0.900. The van der Waals surface area contributed by atoms with Crippen LogP contribution in [0.15, 0.2) is 30.3 Å². The van der Waals surface area contributed by atoms with E-state index in [0.717, 1.165) is 32.7 Å². The molecule has 0 fully saturated rings. The topological polar surface area (TPSA) is 35.5 Å². The lowest BCUT2D eigenvalue weighted by Gasteiger charge is -2.21. The van der Waals surface area contributed by atoms with Crippen molar-refractivity contribution in [3.05, 3.63) is 35.9 Å². The molecule has 17 heavy (non-hydrogen) atoms. The fraction of sp³-hybridized carbons (Fsp3) is 0.571. The Labute approximate surface area is 104 Å². The van der Waals surface area contributed by atoms with Gasteiger partial charge >= 0.3 is 0 Å². The first-order chi connectivity index (χ1) is 8.36. The third-order valence-electron chi connectivity index (χ3n) is 2.70. The Morgan fingerprint density at radius 1 is 1.12 bits per heavy atom. The minimum atomic E-state index is 0.223. The summed E-state index contributed by atoms with van der Waals surface area (Å²) >= 11 is 0. The van der Waals surface area contributed by atoms with Crippen LogP contribution in [0.4, 0.5) is 0 Å². The molecule has 0 atom stereocenters. The Bertz CT molecular complexity index is 277. The smallest absolute Gasteiger partial charge is 0.0558 e. The molecule has 0 aliphatic heterocycles. The maximum absolute atomic E-state index is 9.06. The van der Waals surface area contributed by atoms with Crippen LogP contribution in [0.5, 0.6) is 0 Å². The average molecular weight is 236 g/mol. The third-order valence-corrected chi connectivity index (χ3v) is 2.70. The van der Waals surface area contributed by atoms with Gasteiger partial charge in [0, 0.05) is 26.2 Å². The Morgan fingerprint density at radius 2 is 1.88 bits per heavy atom. The lowest BCUT2D eigenvalue weighted by Crippen LogP contribution is -2.34. The van der Waals surface area contributed by atoms with E-state index in [1.165, 1.54) is 12.0 Å². The van der Waals surface area contributed by atoms with E-state index in [-0.39, 0.29) is 6.61 Å². The number of nitrogens with one attached hydrogen (secondary N) is 1. The summed E-state index contributed by atoms with van der Waals surface area (Å²) in [5.41, 5.74) is 1.30. The van der Waals surface area contributed by atoms with Gasteiger partial charge in [-0.3, -0.25) is 4.90 Å². The predicted octanol–water partition coefficient (Wildman–Crippen LogP) is 1.48. The third kappa shape index (κ3) is 6.41. The maximum atomic E-state index is 9.06. The number of rotatable bonds is 9. The van der Waals surface area contributed by atoms with Crippen molar-refractivity contribution < 1.29 is 5.11 Å². The molecule has 0 spiro atoms. The molecule has 96 valence electrons. The second-order valence-electron chi connectivity index (χ2n) is 4.24. The van der Waals surface area contributed by atoms with Crippen LogP contribution in [0.2, 0.25) is 0 Å². The first-order valence-electron chi connectivity index (χ1n) is 6.44. The van der Waals surface area contributed by atoms with E-state index < -0.39 is 0 Å². The highest BCUT2D eigenvalue weighted by atomic mass is 16.3. The van der Waals surface area contributed by atoms with Crippen molar-refractivity contribution in [2.45, 2.75) is 19.9 Å². The number of hydrogen-bond acceptors (Lipinski definition) is 3. The summed E-state index contributed by atoms with van der Waals surface area (Å²) in [7, 11) is 0. The average Bonchev–Trinajstić information content (AvgIpc) is 2.36. The van der Waals surface area contributed by atoms with E-state index in [1.807, 2.05) is 6.07 Å². The van der Waals surface area contributed by atoms with Gasteiger partial charge in [0.25, 0.3) is 0 Å². The first kappa shape index (κ1) is 14.2. The number of nitrogens with zero attached hydrogens (tertiary/aromatic N) is 1. The van der Waals surface area contributed by atoms with E-state index in [0.29, 0.717) is 0 Å². The van der Waals surface area contributed by atoms with E-state index >= 15 is 0 Å². The van der Waals surface area contributed by atoms with E-state index in [4.69, 9.17) is 5.11 Å². The van der Waals surface area contributed by atoms with E-state index in [1.54, 1.807) is 0 Å². The molecule has 1 rings (SSSR count). The van der Waals surface area contributed by atoms with Gasteiger partial charge in [0.1, 0.15) is 0 Å². The molecule has 0 aliphatic rings. The highest BCUT2D eigenvalue weighted by molar-refractivity contribution is 5.14. The molecular weight excluding hydrogens is 212 g/mol. The molecule has 0 aromatic heterocycles. The zero-order chi connectivity index (χ0) is 12.3. The molecule has 0 heterocycles. The molecule has 0 unspecified atom stereocenters. The van der Waals surface area contributed by atoms with Gasteiger partial charge in [-0.05, 0) is 18.5 Å². The van der Waals surface area contributed by atoms with Gasteiger partial charge in [0.05, 0.1) is 6.61 Å². The number of aliphatic hydroxyl groups excluding tert-OH is 1. The fourth-order valence-electron chi connectivity index (χ4n) is 1.79. The van der Waals surface area contributed by atoms with Gasteiger partial charge in [-0.25, -0.2) is 0 Å². The molecule has 1 aromatic rings. The van der Waals surface area contributed by atoms with Crippen LogP contribution in [0.3, 0.4) is 0 Å². The molecule has 1 aromatic carbocycles. The SMILES string of the molecule is CCCNCCN(CCO)Cc1ccccc1. The van der Waals surface area contributed by atoms with Gasteiger partial charge in [0.2, 0.25) is 0 Å². The lowest BCUT2D eigenvalue weighted by atomic mass is 10.2. The Balaban J connectivity index is 2.32. The van der Waals surface area contributed by atoms with Crippen LogP contribution < -0.4 is 5.32 Å². The van der Waals surface area contributed by atoms with Crippen LogP contribution >= 0.6 is 0 Å². The first-order valence-corrected chi connectivity index (χ1v) is 6.44. The zero-order valence-corrected chi connectivity index (χ0v) is 10.7. The van der Waals surface area contributed by atoms with Gasteiger partial charge in [-0.2, -0.15) is 0 Å². The van der Waals surface area contributed by atoms with Crippen molar-refractivity contribution in [1.82, 2.24) is 10.2 Å². The molecule has 0 aliphatic carbocycles. The van der Waals surface area contributed by atoms with Crippen LogP contribution in [0.25, 0.3) is 0 Å². The Morgan fingerprint density at radius 3 is 2.53 bits per heavy atom. The quantitative estimate of drug-likeness (QED) is 0.638. The van der Waals surface area contributed by atoms with Crippen LogP contribution in [0.1, 0.15) is 18.9 Å². The largest absolute Gasteiger partial charge is 0.395 e. The van der Waals surface area contributed by atoms with Gasteiger partial charge in [-0.15, -0.1) is 0 Å². The van der Waals surface area contributed by atoms with Crippen molar-refractivity contribution >= 4 is 0 Å². The van der Waals surface area contributed by atoms with Crippen molar-refractivity contribution in [2.24, 2.45) is 0 Å². The maximum Gasteiger partial charge on any atom is 0.0558 e. The van der Waals surface area contributed by atoms with Gasteiger partial charge < -0.3 is 10.4 Å². The molecule has 0 bridgehead atoms. The van der Waals surface area contributed by atoms with Gasteiger partial charge in [-0.1, -0.05) is 37.3 Å². The lowest BCUT2D eigenvalue weighted by molar-refractivity contribution is 0.190. The predicted molar refractivity (Wildman–Crippen MR) is 72.0 cm³/mol. The minimum Gasteiger partial charge on any atom is -0.395 e. The summed E-state index contributed by atoms with van der Waals surface area (Å²) in [4.78, 5) is 2.28. The summed E-state index contributed by atoms with van der Waals surface area (Å²) in [6.07, 6.45) is 1.17. The number of aliphatic hydroxyl groups is 1. The monoisotopic (exact) mass is 236 g/mol. The molecule has 3 heteroatoms. The number of benzene rings is 1. The summed E-state index contributed by atoms with van der Waals surface area (Å²) in [6.45, 7) is 7.08. The molecule has 0 saturated heterocycles. The van der Waals surface area contributed by atoms with Crippen LogP contribution in [-0.2, 0) is 6.54 Å². The fourth-order valence-corrected chi connectivity index (χ4v) is 1.79. The molecule has 0 saturated carbocycles. The normalized spacial score (nSPS) is 11.0. The van der Waals surface area contributed by atoms with E-state index in [2.05, 4.69) is 41.4 Å². The summed E-state index contributed by atoms with van der Waals surface area (Å²) in [5.74, 6) is 0. The molecule has 0 amide bonds. The molecule has 0 radical (unpaired) electrons. The van der Waals surface area contributed by atoms with Gasteiger partial charge in [0.15, 0.2) is 0 Å². The molecule has 3 nitrogen and oxygen atoms in total. The molecular formula is C14H24N2O. The van der Waals surface area contributed by atoms with Crippen molar-refractivity contribution in [2.75, 3.05) is 32.8 Å². The van der Waals surface area contributed by atoms with Crippen LogP contribution in [0, 0.1) is 0 Å². The van der Waals surface area contributed by atoms with Crippen molar-refractivity contribution in [1.29, 1.82) is 0 Å². The van der Waals surface area contributed by atoms with Crippen molar-refractivity contribution in [3.8, 4) is 0 Å². The minimum absolute atomic E-state index is 0.223. The summed E-state index contributed by atoms with van der Waals surface area (Å²) in [5, 5.41) is 12.4.